The standard InChI is InChI=1S/C51H71IN6O12/c1-26-13-12-14-27(2)49(66)54-41-40-39(55-51(56-40)18-21-58(22-19-51)25-28(3)52)36-37(45(41)64)44(63)32(7)47-38(36)48(65)50(8,70-47)68-24-17-33(67-11)29(4)46(31(6)43(62)30(5)42(26)61)69-35(60)16-15-34(59)53-20-23-57(9)10/h12-14,17,24,26,28-31,33,42-43,46,56,61-63H,15-16,18-23,25H2,1-11H3,(H,53,59)(H,54,66)/b13-12+,24-17+,27-14-/t26-,28?,29+,30+,31+,33-,42-,43+,46+,50-/m0/s1. The molecule has 0 aromatic heterocycles. The number of amides is 2. The van der Waals surface area contributed by atoms with Crippen molar-refractivity contribution in [1.29, 1.82) is 0 Å². The average molecular weight is 1090 g/mol. The third kappa shape index (κ3) is 11.5. The predicted molar refractivity (Wildman–Crippen MR) is 271 cm³/mol. The second-order valence-corrected chi connectivity index (χ2v) is 22.1. The number of ketones is 2. The number of alkyl halides is 1. The van der Waals surface area contributed by atoms with Crippen molar-refractivity contribution in [3.05, 3.63) is 69.8 Å². The van der Waals surface area contributed by atoms with Crippen LogP contribution in [0.4, 0.5) is 0 Å². The lowest BCUT2D eigenvalue weighted by molar-refractivity contribution is -0.164. The van der Waals surface area contributed by atoms with Crippen molar-refractivity contribution in [3.63, 3.8) is 0 Å². The third-order valence-corrected chi connectivity index (χ3v) is 14.6. The van der Waals surface area contributed by atoms with E-state index >= 15 is 0 Å². The van der Waals surface area contributed by atoms with Crippen LogP contribution >= 0.6 is 22.6 Å². The number of allylic oxidation sites excluding steroid dienone is 4. The highest BCUT2D eigenvalue weighted by Crippen LogP contribution is 2.50. The maximum Gasteiger partial charge on any atom is 0.312 e. The molecule has 0 saturated carbocycles. The number of aliphatic hydroxyl groups is 2. The van der Waals surface area contributed by atoms with Crippen LogP contribution in [0.2, 0.25) is 0 Å². The number of rotatable bonds is 10. The fourth-order valence-electron chi connectivity index (χ4n) is 9.85. The first kappa shape index (κ1) is 54.7. The van der Waals surface area contributed by atoms with Crippen LogP contribution in [0.5, 0.6) is 11.5 Å². The Morgan fingerprint density at radius 3 is 2.33 bits per heavy atom. The van der Waals surface area contributed by atoms with E-state index in [-0.39, 0.29) is 69.4 Å². The number of phenols is 1. The molecule has 1 aliphatic carbocycles. The highest BCUT2D eigenvalue weighted by Gasteiger charge is 2.54. The van der Waals surface area contributed by atoms with Gasteiger partial charge in [0, 0.05) is 110 Å². The predicted octanol–water partition coefficient (Wildman–Crippen LogP) is 4.22. The van der Waals surface area contributed by atoms with Gasteiger partial charge in [-0.15, -0.1) is 0 Å². The molecule has 1 saturated heterocycles. The number of piperidine rings is 1. The second kappa shape index (κ2) is 22.4. The van der Waals surface area contributed by atoms with Gasteiger partial charge in [-0.2, -0.15) is 0 Å². The van der Waals surface area contributed by atoms with Crippen LogP contribution in [0.15, 0.2) is 52.5 Å². The van der Waals surface area contributed by atoms with E-state index in [0.717, 1.165) is 6.54 Å². The number of fused-ring (bicyclic) bond motifs is 3. The minimum absolute atomic E-state index is 0.00532. The van der Waals surface area contributed by atoms with Crippen LogP contribution in [0, 0.1) is 30.6 Å². The zero-order valence-electron chi connectivity index (χ0n) is 42.2. The number of carbonyl (C=O) groups excluding carboxylic acids is 5. The van der Waals surface area contributed by atoms with E-state index in [9.17, 15) is 39.3 Å². The Kier molecular flexibility index (Phi) is 17.5. The molecule has 4 heterocycles. The largest absolute Gasteiger partial charge is 0.507 e. The quantitative estimate of drug-likeness (QED) is 0.109. The first-order chi connectivity index (χ1) is 32.9. The van der Waals surface area contributed by atoms with Gasteiger partial charge < -0.3 is 60.0 Å². The number of likely N-dealkylation sites (tertiary alicyclic amines) is 1. The summed E-state index contributed by atoms with van der Waals surface area (Å²) >= 11 is 2.40. The monoisotopic (exact) mass is 1090 g/mol. The number of aliphatic hydroxyl groups excluding tert-OH is 2. The summed E-state index contributed by atoms with van der Waals surface area (Å²) in [7, 11) is 5.21. The number of phenolic OH excluding ortho intramolecular Hbond substituents is 1. The summed E-state index contributed by atoms with van der Waals surface area (Å²) in [6.07, 6.45) is 4.16. The summed E-state index contributed by atoms with van der Waals surface area (Å²) in [5.41, 5.74) is -0.390. The van der Waals surface area contributed by atoms with Gasteiger partial charge >= 0.3 is 11.8 Å². The first-order valence-corrected chi connectivity index (χ1v) is 25.4. The third-order valence-electron chi connectivity index (χ3n) is 14.3. The van der Waals surface area contributed by atoms with Gasteiger partial charge in [0.05, 0.1) is 53.5 Å². The van der Waals surface area contributed by atoms with E-state index in [4.69, 9.17) is 23.9 Å². The van der Waals surface area contributed by atoms with Crippen molar-refractivity contribution in [2.75, 3.05) is 53.9 Å². The Labute approximate surface area is 424 Å². The van der Waals surface area contributed by atoms with Gasteiger partial charge in [-0.1, -0.05) is 75.4 Å². The smallest absolute Gasteiger partial charge is 0.312 e. The van der Waals surface area contributed by atoms with Crippen molar-refractivity contribution in [1.82, 2.24) is 25.8 Å². The number of nitrogens with zero attached hydrogens (tertiary/aromatic N) is 3. The molecule has 1 spiro atoms. The number of halogens is 1. The molecule has 4 aliphatic heterocycles. The molecule has 384 valence electrons. The summed E-state index contributed by atoms with van der Waals surface area (Å²) in [6.45, 7) is 16.9. The summed E-state index contributed by atoms with van der Waals surface area (Å²) in [4.78, 5) is 79.3. The lowest BCUT2D eigenvalue weighted by atomic mass is 9.78. The molecule has 5 aliphatic rings. The molecule has 6 N–H and O–H groups in total. The number of hydrogen-bond donors (Lipinski definition) is 6. The zero-order valence-corrected chi connectivity index (χ0v) is 44.3. The normalized spacial score (nSPS) is 31.4. The van der Waals surface area contributed by atoms with Crippen LogP contribution in [0.1, 0.15) is 106 Å². The Morgan fingerprint density at radius 2 is 1.69 bits per heavy atom. The number of carbonyl (C=O) groups is 5. The summed E-state index contributed by atoms with van der Waals surface area (Å²) in [5.74, 6) is -8.21. The number of methoxy groups -OCH3 is 1. The molecule has 19 heteroatoms. The molecule has 70 heavy (non-hydrogen) atoms. The van der Waals surface area contributed by atoms with E-state index in [2.05, 4.69) is 50.4 Å². The average Bonchev–Trinajstić information content (AvgIpc) is 3.81. The summed E-state index contributed by atoms with van der Waals surface area (Å²) in [5, 5.41) is 44.4. The summed E-state index contributed by atoms with van der Waals surface area (Å²) in [6, 6.07) is 0. The van der Waals surface area contributed by atoms with Gasteiger partial charge in [0.15, 0.2) is 0 Å². The molecule has 1 aromatic rings. The number of benzene rings is 1. The van der Waals surface area contributed by atoms with E-state index < -0.39 is 88.7 Å². The van der Waals surface area contributed by atoms with Gasteiger partial charge in [-0.3, -0.25) is 29.0 Å². The Balaban J connectivity index is 1.41. The fraction of sp³-hybridized carbons (Fsp3) is 0.608. The number of aliphatic imine (C=N–C) groups is 1. The van der Waals surface area contributed by atoms with Crippen molar-refractivity contribution >= 4 is 57.7 Å². The van der Waals surface area contributed by atoms with Gasteiger partial charge in [0.25, 0.3) is 11.7 Å². The van der Waals surface area contributed by atoms with Crippen LogP contribution in [0.25, 0.3) is 0 Å². The molecule has 6 rings (SSSR count). The minimum Gasteiger partial charge on any atom is -0.507 e. The molecule has 10 atom stereocenters. The SMILES string of the molecule is CO[C@H]1/C=C/O[C@@]2(C)Oc3c(C)c(O)c4c(c3C2=O)C2=NC3(CCN(CC(C)I)CC3)NC2=C(NC(=O)/C(C)=C\C=C\[C@H](C)[C@H](O)[C@@H](C)[C@@H](O)[C@@H](C)[C@H](OC(=O)CCC(=O)NCCN(C)C)[C@@H]1C)C4=O. The van der Waals surface area contributed by atoms with Crippen molar-refractivity contribution in [2.45, 2.75) is 121 Å². The number of Topliss-reactive ketones (excluding diaryl/α,β-unsaturated/α-hetero) is 2. The van der Waals surface area contributed by atoms with Crippen molar-refractivity contribution in [3.8, 4) is 11.5 Å². The molecule has 1 aromatic carbocycles. The van der Waals surface area contributed by atoms with Crippen LogP contribution < -0.4 is 20.7 Å². The van der Waals surface area contributed by atoms with Crippen LogP contribution in [0.3, 0.4) is 0 Å². The lowest BCUT2D eigenvalue weighted by Crippen LogP contribution is -2.51. The Hall–Kier alpha value is -4.67. The van der Waals surface area contributed by atoms with Gasteiger partial charge in [-0.05, 0) is 34.0 Å². The number of likely N-dealkylation sites (N-methyl/N-ethyl adjacent to an activating group) is 1. The van der Waals surface area contributed by atoms with E-state index in [1.54, 1.807) is 52.8 Å². The minimum atomic E-state index is -2.02. The molecular weight excluding hydrogens is 1020 g/mol. The number of nitrogens with one attached hydrogen (secondary N) is 3. The molecule has 5 bridgehead atoms. The molecule has 0 radical (unpaired) electrons. The van der Waals surface area contributed by atoms with Crippen LogP contribution in [-0.2, 0) is 28.6 Å². The highest BCUT2D eigenvalue weighted by atomic mass is 127. The van der Waals surface area contributed by atoms with Crippen molar-refractivity contribution < 1.29 is 58.2 Å². The number of ether oxygens (including phenoxy) is 4. The Bertz CT molecular complexity index is 2370. The Morgan fingerprint density at radius 1 is 1.00 bits per heavy atom. The van der Waals surface area contributed by atoms with Gasteiger partial charge in [-0.25, -0.2) is 0 Å². The lowest BCUT2D eigenvalue weighted by Gasteiger charge is -2.38. The molecule has 1 fully saturated rings. The molecule has 18 nitrogen and oxygen atoms in total. The number of hydrogen-bond acceptors (Lipinski definition) is 16. The maximum atomic E-state index is 14.9. The molecule has 2 amide bonds. The van der Waals surface area contributed by atoms with Gasteiger partial charge in [0.1, 0.15) is 29.0 Å². The van der Waals surface area contributed by atoms with E-state index in [1.807, 2.05) is 19.0 Å². The molecular formula is C51H71IN6O12. The van der Waals surface area contributed by atoms with Crippen LogP contribution in [-0.4, -0.2) is 154 Å². The zero-order chi connectivity index (χ0) is 51.6. The van der Waals surface area contributed by atoms with Gasteiger partial charge in [0.2, 0.25) is 11.7 Å². The second-order valence-electron chi connectivity index (χ2n) is 19.9. The fourth-order valence-corrected chi connectivity index (χ4v) is 10.4. The number of aromatic hydroxyl groups is 1. The highest BCUT2D eigenvalue weighted by molar-refractivity contribution is 14.1. The van der Waals surface area contributed by atoms with Crippen molar-refractivity contribution in [2.24, 2.45) is 28.7 Å². The number of esters is 1. The first-order valence-electron chi connectivity index (χ1n) is 24.1. The summed E-state index contributed by atoms with van der Waals surface area (Å²) < 4.78 is 24.9. The topological polar surface area (TPSA) is 238 Å². The van der Waals surface area contributed by atoms with E-state index in [1.165, 1.54) is 33.3 Å². The van der Waals surface area contributed by atoms with E-state index in [0.29, 0.717) is 42.9 Å². The molecule has 1 unspecified atom stereocenters. The maximum absolute atomic E-state index is 14.9.